The Bertz CT molecular complexity index is 681. The summed E-state index contributed by atoms with van der Waals surface area (Å²) in [5.41, 5.74) is 5.78. The van der Waals surface area contributed by atoms with Gasteiger partial charge < -0.3 is 37.0 Å². The monoisotopic (exact) mass is 460 g/mol. The van der Waals surface area contributed by atoms with Gasteiger partial charge in [-0.05, 0) is 31.6 Å². The zero-order chi connectivity index (χ0) is 25.2. The minimum Gasteiger partial charge on any atom is -0.481 e. The summed E-state index contributed by atoms with van der Waals surface area (Å²) in [6, 6.07) is -5.35. The number of nitrogens with two attached hydrogens (primary N) is 1. The molecule has 3 amide bonds. The maximum Gasteiger partial charge on any atom is 0.326 e. The molecule has 0 aromatic carbocycles. The number of rotatable bonds is 14. The standard InChI is InChI=1S/C20H36N4O8/c1-9(2)6-12(21)17(28)24-16(11(5)25)19(30)22-13(8-15(26)27)18(29)23-14(20(31)32)7-10(3)4/h9-14,16,25H,6-8,21H2,1-5H3,(H,22,30)(H,23,29)(H,24,28)(H,26,27)(H,31,32). The molecule has 5 atom stereocenters. The van der Waals surface area contributed by atoms with Gasteiger partial charge in [0.2, 0.25) is 17.7 Å². The predicted octanol–water partition coefficient (Wildman–Crippen LogP) is -1.20. The van der Waals surface area contributed by atoms with Gasteiger partial charge in [-0.3, -0.25) is 19.2 Å². The van der Waals surface area contributed by atoms with Gasteiger partial charge in [0.05, 0.1) is 18.6 Å². The van der Waals surface area contributed by atoms with Crippen molar-refractivity contribution in [2.45, 2.75) is 84.2 Å². The molecule has 0 saturated heterocycles. The van der Waals surface area contributed by atoms with E-state index in [0.717, 1.165) is 0 Å². The van der Waals surface area contributed by atoms with Crippen LogP contribution in [-0.2, 0) is 24.0 Å². The molecule has 0 aliphatic heterocycles. The number of carboxylic acids is 2. The summed E-state index contributed by atoms with van der Waals surface area (Å²) in [5, 5.41) is 35.0. The Morgan fingerprint density at radius 1 is 0.750 bits per heavy atom. The van der Waals surface area contributed by atoms with E-state index < -0.39 is 66.4 Å². The van der Waals surface area contributed by atoms with E-state index in [2.05, 4.69) is 16.0 Å². The first-order valence-electron chi connectivity index (χ1n) is 10.4. The van der Waals surface area contributed by atoms with E-state index in [9.17, 15) is 34.2 Å². The number of aliphatic hydroxyl groups is 1. The van der Waals surface area contributed by atoms with Crippen LogP contribution in [0.25, 0.3) is 0 Å². The van der Waals surface area contributed by atoms with Crippen molar-refractivity contribution < 1.29 is 39.3 Å². The molecular formula is C20H36N4O8. The van der Waals surface area contributed by atoms with E-state index in [1.54, 1.807) is 13.8 Å². The molecule has 0 aliphatic rings. The first-order chi connectivity index (χ1) is 14.6. The third-order valence-corrected chi connectivity index (χ3v) is 4.46. The number of amides is 3. The highest BCUT2D eigenvalue weighted by atomic mass is 16.4. The highest BCUT2D eigenvalue weighted by Gasteiger charge is 2.33. The number of hydrogen-bond acceptors (Lipinski definition) is 7. The summed E-state index contributed by atoms with van der Waals surface area (Å²) >= 11 is 0. The second-order valence-electron chi connectivity index (χ2n) is 8.65. The van der Waals surface area contributed by atoms with Crippen LogP contribution in [0.15, 0.2) is 0 Å². The maximum atomic E-state index is 12.6. The number of carbonyl (C=O) groups is 5. The zero-order valence-corrected chi connectivity index (χ0v) is 19.1. The fourth-order valence-electron chi connectivity index (χ4n) is 2.89. The third kappa shape index (κ3) is 11.0. The number of carboxylic acid groups (broad SMARTS) is 2. The smallest absolute Gasteiger partial charge is 0.326 e. The number of aliphatic hydroxyl groups excluding tert-OH is 1. The number of carbonyl (C=O) groups excluding carboxylic acids is 3. The fraction of sp³-hybridized carbons (Fsp3) is 0.750. The average molecular weight is 461 g/mol. The topological polar surface area (TPSA) is 208 Å². The van der Waals surface area contributed by atoms with Crippen LogP contribution < -0.4 is 21.7 Å². The van der Waals surface area contributed by atoms with Crippen LogP contribution in [0.5, 0.6) is 0 Å². The molecule has 0 bridgehead atoms. The van der Waals surface area contributed by atoms with Crippen LogP contribution in [0.2, 0.25) is 0 Å². The van der Waals surface area contributed by atoms with Gasteiger partial charge in [-0.1, -0.05) is 27.7 Å². The highest BCUT2D eigenvalue weighted by molar-refractivity contribution is 5.95. The molecule has 0 heterocycles. The van der Waals surface area contributed by atoms with Crippen molar-refractivity contribution in [3.63, 3.8) is 0 Å². The normalized spacial score (nSPS) is 15.9. The van der Waals surface area contributed by atoms with Gasteiger partial charge in [0.15, 0.2) is 0 Å². The van der Waals surface area contributed by atoms with Crippen molar-refractivity contribution in [1.29, 1.82) is 0 Å². The minimum absolute atomic E-state index is 0.0752. The summed E-state index contributed by atoms with van der Waals surface area (Å²) in [7, 11) is 0. The fourth-order valence-corrected chi connectivity index (χ4v) is 2.89. The number of aliphatic carboxylic acids is 2. The molecule has 32 heavy (non-hydrogen) atoms. The summed E-state index contributed by atoms with van der Waals surface area (Å²) in [6.45, 7) is 8.43. The molecule has 5 unspecified atom stereocenters. The second-order valence-corrected chi connectivity index (χ2v) is 8.65. The Hall–Kier alpha value is -2.73. The lowest BCUT2D eigenvalue weighted by Gasteiger charge is -2.26. The molecule has 0 aromatic heterocycles. The van der Waals surface area contributed by atoms with Gasteiger partial charge in [-0.2, -0.15) is 0 Å². The Morgan fingerprint density at radius 2 is 1.25 bits per heavy atom. The van der Waals surface area contributed by atoms with Gasteiger partial charge in [0.25, 0.3) is 0 Å². The van der Waals surface area contributed by atoms with Crippen LogP contribution >= 0.6 is 0 Å². The molecule has 12 heteroatoms. The SMILES string of the molecule is CC(C)CC(N)C(=O)NC(C(=O)NC(CC(=O)O)C(=O)NC(CC(C)C)C(=O)O)C(C)O. The molecule has 0 spiro atoms. The molecule has 0 aliphatic carbocycles. The molecule has 0 saturated carbocycles. The summed E-state index contributed by atoms with van der Waals surface area (Å²) in [5.74, 6) is -5.41. The van der Waals surface area contributed by atoms with E-state index in [1.165, 1.54) is 6.92 Å². The van der Waals surface area contributed by atoms with Crippen LogP contribution in [0, 0.1) is 11.8 Å². The Balaban J connectivity index is 5.45. The summed E-state index contributed by atoms with van der Waals surface area (Å²) in [4.78, 5) is 60.0. The molecule has 184 valence electrons. The van der Waals surface area contributed by atoms with Crippen LogP contribution in [-0.4, -0.2) is 75.3 Å². The van der Waals surface area contributed by atoms with E-state index in [-0.39, 0.29) is 18.3 Å². The van der Waals surface area contributed by atoms with Crippen molar-refractivity contribution >= 4 is 29.7 Å². The van der Waals surface area contributed by atoms with Crippen molar-refractivity contribution in [3.8, 4) is 0 Å². The molecule has 12 nitrogen and oxygen atoms in total. The quantitative estimate of drug-likeness (QED) is 0.166. The minimum atomic E-state index is -1.63. The third-order valence-electron chi connectivity index (χ3n) is 4.46. The lowest BCUT2D eigenvalue weighted by atomic mass is 10.0. The van der Waals surface area contributed by atoms with E-state index in [0.29, 0.717) is 6.42 Å². The lowest BCUT2D eigenvalue weighted by Crippen LogP contribution is -2.60. The maximum absolute atomic E-state index is 12.6. The summed E-state index contributed by atoms with van der Waals surface area (Å²) < 4.78 is 0. The first kappa shape index (κ1) is 29.3. The first-order valence-corrected chi connectivity index (χ1v) is 10.4. The van der Waals surface area contributed by atoms with Gasteiger partial charge in [0, 0.05) is 0 Å². The second kappa shape index (κ2) is 13.6. The lowest BCUT2D eigenvalue weighted by molar-refractivity contribution is -0.144. The van der Waals surface area contributed by atoms with Crippen molar-refractivity contribution in [1.82, 2.24) is 16.0 Å². The van der Waals surface area contributed by atoms with Gasteiger partial charge >= 0.3 is 11.9 Å². The van der Waals surface area contributed by atoms with E-state index in [1.807, 2.05) is 13.8 Å². The van der Waals surface area contributed by atoms with Crippen LogP contribution in [0.3, 0.4) is 0 Å². The molecule has 0 rings (SSSR count). The van der Waals surface area contributed by atoms with E-state index in [4.69, 9.17) is 10.8 Å². The zero-order valence-electron chi connectivity index (χ0n) is 19.1. The molecule has 0 aromatic rings. The molecule has 0 fully saturated rings. The van der Waals surface area contributed by atoms with E-state index >= 15 is 0 Å². The Kier molecular flexibility index (Phi) is 12.5. The number of hydrogen-bond donors (Lipinski definition) is 7. The van der Waals surface area contributed by atoms with Gasteiger partial charge in [-0.25, -0.2) is 4.79 Å². The van der Waals surface area contributed by atoms with Crippen molar-refractivity contribution in [3.05, 3.63) is 0 Å². The Morgan fingerprint density at radius 3 is 1.66 bits per heavy atom. The summed E-state index contributed by atoms with van der Waals surface area (Å²) in [6.07, 6.45) is -1.80. The molecule has 8 N–H and O–H groups in total. The molecular weight excluding hydrogens is 424 g/mol. The Labute approximate surface area is 187 Å². The van der Waals surface area contributed by atoms with Crippen LogP contribution in [0.4, 0.5) is 0 Å². The van der Waals surface area contributed by atoms with Crippen molar-refractivity contribution in [2.24, 2.45) is 17.6 Å². The van der Waals surface area contributed by atoms with Crippen LogP contribution in [0.1, 0.15) is 53.9 Å². The largest absolute Gasteiger partial charge is 0.481 e. The molecule has 0 radical (unpaired) electrons. The number of nitrogens with one attached hydrogen (secondary N) is 3. The highest BCUT2D eigenvalue weighted by Crippen LogP contribution is 2.07. The predicted molar refractivity (Wildman–Crippen MR) is 114 cm³/mol. The van der Waals surface area contributed by atoms with Gasteiger partial charge in [0.1, 0.15) is 18.1 Å². The average Bonchev–Trinajstić information content (AvgIpc) is 2.62. The van der Waals surface area contributed by atoms with Gasteiger partial charge in [-0.15, -0.1) is 0 Å². The van der Waals surface area contributed by atoms with Crippen molar-refractivity contribution in [2.75, 3.05) is 0 Å².